The molecule has 0 aliphatic rings. The Morgan fingerprint density at radius 1 is 1.62 bits per heavy atom. The minimum Gasteiger partial charge on any atom is -0.393 e. The second-order valence-electron chi connectivity index (χ2n) is 2.32. The first-order valence-corrected chi connectivity index (χ1v) is 2.47. The normalized spacial score (nSPS) is 16.1. The lowest BCUT2D eigenvalue weighted by Crippen LogP contribution is -2.37. The van der Waals surface area contributed by atoms with Gasteiger partial charge in [-0.05, 0) is 13.8 Å². The van der Waals surface area contributed by atoms with E-state index >= 15 is 0 Å². The van der Waals surface area contributed by atoms with Gasteiger partial charge in [-0.25, -0.2) is 5.11 Å². The van der Waals surface area contributed by atoms with Gasteiger partial charge in [0.15, 0.2) is 0 Å². The molecule has 3 nitrogen and oxygen atoms in total. The number of hydrogen-bond donors (Lipinski definition) is 2. The molecule has 8 heavy (non-hydrogen) atoms. The maximum absolute atomic E-state index is 10.4. The van der Waals surface area contributed by atoms with Crippen LogP contribution in [0.2, 0.25) is 0 Å². The molecule has 0 aromatic carbocycles. The maximum Gasteiger partial charge on any atom is 0.144 e. The molecule has 49 valence electrons. The molecular weight excluding hydrogens is 108 g/mol. The molecule has 0 aliphatic heterocycles. The van der Waals surface area contributed by atoms with E-state index in [0.717, 1.165) is 0 Å². The highest BCUT2D eigenvalue weighted by Gasteiger charge is 2.24. The first-order valence-electron chi connectivity index (χ1n) is 2.47. The fraction of sp³-hybridized carbons (Fsp3) is 1.00. The highest BCUT2D eigenvalue weighted by Crippen LogP contribution is 2.06. The molecule has 0 rings (SSSR count). The molecule has 1 atom stereocenters. The summed E-state index contributed by atoms with van der Waals surface area (Å²) in [4.78, 5) is 0. The van der Waals surface area contributed by atoms with Gasteiger partial charge in [-0.3, -0.25) is 0 Å². The van der Waals surface area contributed by atoms with Crippen LogP contribution in [0.25, 0.3) is 0 Å². The van der Waals surface area contributed by atoms with Crippen LogP contribution in [0.5, 0.6) is 0 Å². The predicted molar refractivity (Wildman–Crippen MR) is 27.9 cm³/mol. The van der Waals surface area contributed by atoms with Crippen molar-refractivity contribution in [3.05, 3.63) is 0 Å². The third-order valence-corrected chi connectivity index (χ3v) is 0.954. The molecule has 0 aromatic rings. The van der Waals surface area contributed by atoms with Gasteiger partial charge in [0.25, 0.3) is 0 Å². The van der Waals surface area contributed by atoms with Gasteiger partial charge in [0.2, 0.25) is 0 Å². The summed E-state index contributed by atoms with van der Waals surface area (Å²) >= 11 is 0. The van der Waals surface area contributed by atoms with Crippen molar-refractivity contribution in [1.29, 1.82) is 0 Å². The highest BCUT2D eigenvalue weighted by atomic mass is 16.4. The van der Waals surface area contributed by atoms with Crippen molar-refractivity contribution in [2.45, 2.75) is 25.6 Å². The summed E-state index contributed by atoms with van der Waals surface area (Å²) in [7, 11) is 0. The van der Waals surface area contributed by atoms with Gasteiger partial charge in [-0.15, -0.1) is 0 Å². The second kappa shape index (κ2) is 2.44. The molecule has 0 bridgehead atoms. The fourth-order valence-corrected chi connectivity index (χ4v) is 0.223. The number of hydrogen-bond acceptors (Lipinski definition) is 2. The van der Waals surface area contributed by atoms with Crippen LogP contribution in [0.4, 0.5) is 0 Å². The zero-order valence-electron chi connectivity index (χ0n) is 5.09. The Kier molecular flexibility index (Phi) is 2.40. The van der Waals surface area contributed by atoms with Crippen LogP contribution >= 0.6 is 0 Å². The average molecular weight is 119 g/mol. The number of aliphatic hydroxyl groups excluding tert-OH is 1. The van der Waals surface area contributed by atoms with E-state index < -0.39 is 18.3 Å². The van der Waals surface area contributed by atoms with E-state index in [9.17, 15) is 5.11 Å². The van der Waals surface area contributed by atoms with Crippen LogP contribution in [0.3, 0.4) is 0 Å². The van der Waals surface area contributed by atoms with E-state index in [1.165, 1.54) is 13.8 Å². The van der Waals surface area contributed by atoms with Gasteiger partial charge < -0.3 is 10.2 Å². The smallest absolute Gasteiger partial charge is 0.144 e. The van der Waals surface area contributed by atoms with Crippen LogP contribution in [0.15, 0.2) is 0 Å². The van der Waals surface area contributed by atoms with Crippen molar-refractivity contribution in [3.63, 3.8) is 0 Å². The van der Waals surface area contributed by atoms with Gasteiger partial charge in [-0.2, -0.15) is 0 Å². The SMILES string of the molecule is CC(C)(O)C([O])CO. The monoisotopic (exact) mass is 119 g/mol. The molecule has 0 aliphatic carbocycles. The minimum absolute atomic E-state index is 0.510. The number of rotatable bonds is 2. The van der Waals surface area contributed by atoms with E-state index in [1.54, 1.807) is 0 Å². The Labute approximate surface area is 48.6 Å². The van der Waals surface area contributed by atoms with E-state index in [-0.39, 0.29) is 0 Å². The molecule has 0 aromatic heterocycles. The maximum atomic E-state index is 10.4. The van der Waals surface area contributed by atoms with E-state index in [0.29, 0.717) is 0 Å². The Hall–Kier alpha value is -0.120. The van der Waals surface area contributed by atoms with Crippen molar-refractivity contribution >= 4 is 0 Å². The van der Waals surface area contributed by atoms with Gasteiger partial charge in [0, 0.05) is 0 Å². The molecule has 1 radical (unpaired) electrons. The average Bonchev–Trinajstić information content (AvgIpc) is 1.62. The summed E-state index contributed by atoms with van der Waals surface area (Å²) < 4.78 is 0. The molecule has 0 amide bonds. The highest BCUT2D eigenvalue weighted by molar-refractivity contribution is 4.74. The molecule has 0 spiro atoms. The molecule has 0 heterocycles. The van der Waals surface area contributed by atoms with Crippen LogP contribution in [-0.4, -0.2) is 28.5 Å². The predicted octanol–water partition coefficient (Wildman–Crippen LogP) is -0.451. The standard InChI is InChI=1S/C5H11O3/c1-5(2,8)4(7)3-6/h4,6,8H,3H2,1-2H3. The zero-order chi connectivity index (χ0) is 6.78. The Bertz CT molecular complexity index is 64.6. The lowest BCUT2D eigenvalue weighted by atomic mass is 10.0. The summed E-state index contributed by atoms with van der Waals surface area (Å²) in [5.41, 5.74) is -1.30. The second-order valence-corrected chi connectivity index (χ2v) is 2.32. The van der Waals surface area contributed by atoms with E-state index in [1.807, 2.05) is 0 Å². The van der Waals surface area contributed by atoms with E-state index in [2.05, 4.69) is 0 Å². The Morgan fingerprint density at radius 2 is 2.00 bits per heavy atom. The first kappa shape index (κ1) is 7.88. The third-order valence-electron chi connectivity index (χ3n) is 0.954. The molecule has 1 unspecified atom stereocenters. The molecular formula is C5H11O3. The summed E-state index contributed by atoms with van der Waals surface area (Å²) in [6.45, 7) is 2.24. The van der Waals surface area contributed by atoms with Gasteiger partial charge in [0.1, 0.15) is 6.10 Å². The molecule has 0 saturated carbocycles. The third kappa shape index (κ3) is 2.26. The lowest BCUT2D eigenvalue weighted by Gasteiger charge is -2.19. The van der Waals surface area contributed by atoms with Gasteiger partial charge in [0.05, 0.1) is 12.2 Å². The van der Waals surface area contributed by atoms with Crippen molar-refractivity contribution in [2.75, 3.05) is 6.61 Å². The van der Waals surface area contributed by atoms with Crippen LogP contribution < -0.4 is 0 Å². The molecule has 0 saturated heterocycles. The van der Waals surface area contributed by atoms with Gasteiger partial charge >= 0.3 is 0 Å². The lowest BCUT2D eigenvalue weighted by molar-refractivity contribution is -0.104. The fourth-order valence-electron chi connectivity index (χ4n) is 0.223. The van der Waals surface area contributed by atoms with Crippen LogP contribution in [-0.2, 0) is 5.11 Å². The minimum atomic E-state index is -1.30. The summed E-state index contributed by atoms with van der Waals surface area (Å²) in [6.07, 6.45) is -1.29. The largest absolute Gasteiger partial charge is 0.393 e. The van der Waals surface area contributed by atoms with Gasteiger partial charge in [-0.1, -0.05) is 0 Å². The molecule has 2 N–H and O–H groups in total. The summed E-state index contributed by atoms with van der Waals surface area (Å²) in [5, 5.41) is 27.4. The van der Waals surface area contributed by atoms with Crippen molar-refractivity contribution < 1.29 is 15.3 Å². The molecule has 3 heteroatoms. The first-order chi connectivity index (χ1) is 3.48. The zero-order valence-corrected chi connectivity index (χ0v) is 5.09. The van der Waals surface area contributed by atoms with Crippen molar-refractivity contribution in [1.82, 2.24) is 0 Å². The van der Waals surface area contributed by atoms with Crippen LogP contribution in [0.1, 0.15) is 13.8 Å². The Balaban J connectivity index is 3.62. The quantitative estimate of drug-likeness (QED) is 0.517. The topological polar surface area (TPSA) is 60.4 Å². The number of aliphatic hydroxyl groups is 2. The molecule has 0 fully saturated rings. The Morgan fingerprint density at radius 3 is 2.00 bits per heavy atom. The van der Waals surface area contributed by atoms with Crippen molar-refractivity contribution in [3.8, 4) is 0 Å². The van der Waals surface area contributed by atoms with E-state index in [4.69, 9.17) is 10.2 Å². The van der Waals surface area contributed by atoms with Crippen molar-refractivity contribution in [2.24, 2.45) is 0 Å². The van der Waals surface area contributed by atoms with Crippen LogP contribution in [0, 0.1) is 0 Å². The summed E-state index contributed by atoms with van der Waals surface area (Å²) in [6, 6.07) is 0. The summed E-state index contributed by atoms with van der Waals surface area (Å²) in [5.74, 6) is 0.